The average molecular weight is 552 g/mol. The number of methoxy groups -OCH3 is 1. The molecule has 3 amide bonds. The molecule has 3 fully saturated rings. The van der Waals surface area contributed by atoms with E-state index < -0.39 is 91.9 Å². The molecule has 16 nitrogen and oxygen atoms in total. The van der Waals surface area contributed by atoms with E-state index in [9.17, 15) is 34.8 Å². The van der Waals surface area contributed by atoms with Crippen LogP contribution in [0.3, 0.4) is 0 Å². The molecule has 0 bridgehead atoms. The molecular formula is C22H37N3O13. The highest BCUT2D eigenvalue weighted by Gasteiger charge is 2.53. The van der Waals surface area contributed by atoms with Crippen LogP contribution >= 0.6 is 0 Å². The van der Waals surface area contributed by atoms with Gasteiger partial charge in [0.1, 0.15) is 36.6 Å². The molecular weight excluding hydrogens is 514 g/mol. The van der Waals surface area contributed by atoms with E-state index in [1.165, 1.54) is 14.0 Å². The zero-order valence-electron chi connectivity index (χ0n) is 21.4. The van der Waals surface area contributed by atoms with E-state index >= 15 is 0 Å². The number of amides is 3. The highest BCUT2D eigenvalue weighted by atomic mass is 16.8. The predicted molar refractivity (Wildman–Crippen MR) is 123 cm³/mol. The first-order chi connectivity index (χ1) is 18.1. The van der Waals surface area contributed by atoms with Gasteiger partial charge in [0.15, 0.2) is 18.9 Å². The van der Waals surface area contributed by atoms with Crippen LogP contribution < -0.4 is 16.0 Å². The number of nitrogens with one attached hydrogen (secondary N) is 3. The Kier molecular flexibility index (Phi) is 10.8. The van der Waals surface area contributed by atoms with Gasteiger partial charge in [-0.05, 0) is 20.8 Å². The number of aliphatic hydroxyl groups excluding tert-OH is 4. The Morgan fingerprint density at radius 2 is 1.03 bits per heavy atom. The van der Waals surface area contributed by atoms with Crippen molar-refractivity contribution in [3.8, 4) is 0 Å². The number of hydrogen-bond donors (Lipinski definition) is 7. The van der Waals surface area contributed by atoms with Gasteiger partial charge in [0.2, 0.25) is 19.2 Å². The predicted octanol–water partition coefficient (Wildman–Crippen LogP) is -4.57. The van der Waals surface area contributed by atoms with E-state index in [-0.39, 0.29) is 0 Å². The lowest BCUT2D eigenvalue weighted by Crippen LogP contribution is -2.69. The maximum absolute atomic E-state index is 11.3. The second kappa shape index (κ2) is 13.4. The van der Waals surface area contributed by atoms with Crippen molar-refractivity contribution in [1.82, 2.24) is 16.0 Å². The zero-order chi connectivity index (χ0) is 28.1. The third kappa shape index (κ3) is 6.25. The Balaban J connectivity index is 1.88. The molecule has 0 aliphatic carbocycles. The standard InChI is InChI=1S/C22H37N3O13/c1-8-11(23-5-26)14(29)16(31)21(35-8)38-19-15(30)12(24-6-27)9(2)36-22(19)37-18-13(25-7-28)10(3)34-20(33-4)17(18)32/h5-22,29-32H,1-4H3,(H,23,26)(H,24,27)(H,25,28). The Bertz CT molecular complexity index is 796. The molecule has 0 aromatic rings. The summed E-state index contributed by atoms with van der Waals surface area (Å²) >= 11 is 0. The zero-order valence-corrected chi connectivity index (χ0v) is 21.4. The summed E-state index contributed by atoms with van der Waals surface area (Å²) in [4.78, 5) is 33.3. The fourth-order valence-electron chi connectivity index (χ4n) is 5.03. The highest BCUT2D eigenvalue weighted by Crippen LogP contribution is 2.32. The number of ether oxygens (including phenoxy) is 6. The van der Waals surface area contributed by atoms with E-state index in [2.05, 4.69) is 16.0 Å². The van der Waals surface area contributed by atoms with Crippen LogP contribution in [0.1, 0.15) is 20.8 Å². The lowest BCUT2D eigenvalue weighted by Gasteiger charge is -2.49. The van der Waals surface area contributed by atoms with Crippen LogP contribution in [-0.4, -0.2) is 139 Å². The van der Waals surface area contributed by atoms with Crippen molar-refractivity contribution < 1.29 is 63.2 Å². The first-order valence-corrected chi connectivity index (χ1v) is 12.2. The normalized spacial score (nSPS) is 47.5. The second-order valence-electron chi connectivity index (χ2n) is 9.46. The molecule has 7 N–H and O–H groups in total. The smallest absolute Gasteiger partial charge is 0.207 e. The van der Waals surface area contributed by atoms with Crippen LogP contribution in [0.15, 0.2) is 0 Å². The van der Waals surface area contributed by atoms with Gasteiger partial charge in [0.25, 0.3) is 0 Å². The molecule has 15 atom stereocenters. The first kappa shape index (κ1) is 30.6. The monoisotopic (exact) mass is 551 g/mol. The minimum absolute atomic E-state index is 0.360. The van der Waals surface area contributed by atoms with Gasteiger partial charge in [-0.3, -0.25) is 14.4 Å². The fraction of sp³-hybridized carbons (Fsp3) is 0.864. The summed E-state index contributed by atoms with van der Waals surface area (Å²) in [6.45, 7) is 4.73. The largest absolute Gasteiger partial charge is 0.388 e. The van der Waals surface area contributed by atoms with Crippen LogP contribution in [0.25, 0.3) is 0 Å². The van der Waals surface area contributed by atoms with Crippen LogP contribution in [0.5, 0.6) is 0 Å². The Morgan fingerprint density at radius 3 is 1.58 bits per heavy atom. The Labute approximate surface area is 218 Å². The van der Waals surface area contributed by atoms with E-state index in [1.54, 1.807) is 13.8 Å². The highest BCUT2D eigenvalue weighted by molar-refractivity contribution is 5.48. The van der Waals surface area contributed by atoms with Gasteiger partial charge in [0.05, 0.1) is 36.4 Å². The van der Waals surface area contributed by atoms with E-state index in [0.717, 1.165) is 0 Å². The third-order valence-electron chi connectivity index (χ3n) is 7.10. The number of carbonyl (C=O) groups excluding carboxylic acids is 3. The molecule has 0 spiro atoms. The van der Waals surface area contributed by atoms with Gasteiger partial charge in [0, 0.05) is 7.11 Å². The summed E-state index contributed by atoms with van der Waals surface area (Å²) in [6, 6.07) is -2.78. The molecule has 3 saturated heterocycles. The van der Waals surface area contributed by atoms with Crippen LogP contribution in [0, 0.1) is 0 Å². The van der Waals surface area contributed by atoms with Gasteiger partial charge in [-0.15, -0.1) is 0 Å². The molecule has 38 heavy (non-hydrogen) atoms. The van der Waals surface area contributed by atoms with Crippen molar-refractivity contribution in [2.45, 2.75) is 113 Å². The van der Waals surface area contributed by atoms with Gasteiger partial charge in [-0.1, -0.05) is 0 Å². The lowest BCUT2D eigenvalue weighted by atomic mass is 9.94. The number of rotatable bonds is 11. The summed E-state index contributed by atoms with van der Waals surface area (Å²) in [6.07, 6.45) is -13.9. The molecule has 3 rings (SSSR count). The molecule has 0 aromatic heterocycles. The molecule has 3 heterocycles. The van der Waals surface area contributed by atoms with Gasteiger partial charge in [-0.25, -0.2) is 0 Å². The molecule has 0 radical (unpaired) electrons. The van der Waals surface area contributed by atoms with Crippen molar-refractivity contribution >= 4 is 19.2 Å². The SMILES string of the molecule is COC1OC(C)C(NC=O)C(OC2OC(C)C(NC=O)C(O)C2OC2OC(C)C(NC=O)C(O)C2O)C1O. The van der Waals surface area contributed by atoms with Crippen molar-refractivity contribution in [3.05, 3.63) is 0 Å². The molecule has 15 unspecified atom stereocenters. The van der Waals surface area contributed by atoms with Crippen LogP contribution in [0.4, 0.5) is 0 Å². The van der Waals surface area contributed by atoms with E-state index in [0.29, 0.717) is 19.2 Å². The summed E-state index contributed by atoms with van der Waals surface area (Å²) in [5.41, 5.74) is 0. The van der Waals surface area contributed by atoms with Crippen molar-refractivity contribution in [2.24, 2.45) is 0 Å². The summed E-state index contributed by atoms with van der Waals surface area (Å²) < 4.78 is 34.3. The second-order valence-corrected chi connectivity index (χ2v) is 9.46. The maximum Gasteiger partial charge on any atom is 0.207 e. The van der Waals surface area contributed by atoms with Crippen LogP contribution in [0.2, 0.25) is 0 Å². The average Bonchev–Trinajstić information content (AvgIpc) is 2.88. The Morgan fingerprint density at radius 1 is 0.579 bits per heavy atom. The molecule has 3 aliphatic rings. The molecule has 218 valence electrons. The van der Waals surface area contributed by atoms with Gasteiger partial charge < -0.3 is 64.8 Å². The topological polar surface area (TPSA) is 224 Å². The van der Waals surface area contributed by atoms with E-state index in [4.69, 9.17) is 28.4 Å². The first-order valence-electron chi connectivity index (χ1n) is 12.2. The van der Waals surface area contributed by atoms with Crippen molar-refractivity contribution in [2.75, 3.05) is 7.11 Å². The minimum Gasteiger partial charge on any atom is -0.388 e. The quantitative estimate of drug-likeness (QED) is 0.120. The maximum atomic E-state index is 11.3. The summed E-state index contributed by atoms with van der Waals surface area (Å²) in [7, 11) is 1.32. The minimum atomic E-state index is -1.66. The molecule has 0 aromatic carbocycles. The van der Waals surface area contributed by atoms with Gasteiger partial charge >= 0.3 is 0 Å². The van der Waals surface area contributed by atoms with Crippen molar-refractivity contribution in [3.63, 3.8) is 0 Å². The van der Waals surface area contributed by atoms with E-state index in [1.807, 2.05) is 0 Å². The molecule has 16 heteroatoms. The molecule has 0 saturated carbocycles. The number of carbonyl (C=O) groups is 3. The summed E-state index contributed by atoms with van der Waals surface area (Å²) in [5, 5.41) is 50.5. The third-order valence-corrected chi connectivity index (χ3v) is 7.10. The van der Waals surface area contributed by atoms with Crippen molar-refractivity contribution in [1.29, 1.82) is 0 Å². The van der Waals surface area contributed by atoms with Crippen LogP contribution in [-0.2, 0) is 42.8 Å². The number of aliphatic hydroxyl groups is 4. The summed E-state index contributed by atoms with van der Waals surface area (Å²) in [5.74, 6) is 0. The lowest BCUT2D eigenvalue weighted by molar-refractivity contribution is -0.365. The number of hydrogen-bond acceptors (Lipinski definition) is 13. The Hall–Kier alpha value is -1.99. The fourth-order valence-corrected chi connectivity index (χ4v) is 5.03. The van der Waals surface area contributed by atoms with Gasteiger partial charge in [-0.2, -0.15) is 0 Å². The molecule has 3 aliphatic heterocycles.